The molecule has 25 heavy (non-hydrogen) atoms. The molecule has 1 fully saturated rings. The fraction of sp³-hybridized carbons (Fsp3) is 0.500. The first-order chi connectivity index (χ1) is 11.8. The molecular weight excluding hydrogens is 346 g/mol. The van der Waals surface area contributed by atoms with E-state index >= 15 is 0 Å². The van der Waals surface area contributed by atoms with E-state index in [2.05, 4.69) is 0 Å². The minimum absolute atomic E-state index is 0.0985. The van der Waals surface area contributed by atoms with Gasteiger partial charge < -0.3 is 24.8 Å². The summed E-state index contributed by atoms with van der Waals surface area (Å²) in [4.78, 5) is 12.5. The van der Waals surface area contributed by atoms with Gasteiger partial charge in [0.05, 0.1) is 13.1 Å². The number of rotatable bonds is 5. The molecule has 2 aliphatic heterocycles. The summed E-state index contributed by atoms with van der Waals surface area (Å²) < 4.78 is 4.84. The largest absolute Gasteiger partial charge is 0.632 e. The van der Waals surface area contributed by atoms with E-state index in [4.69, 9.17) is 16.3 Å². The molecule has 7 heteroatoms. The normalized spacial score (nSPS) is 30.5. The average molecular weight is 368 g/mol. The van der Waals surface area contributed by atoms with Gasteiger partial charge in [-0.15, -0.1) is 0 Å². The summed E-state index contributed by atoms with van der Waals surface area (Å²) in [5.74, 6) is -0.776. The number of hydrogen-bond donors (Lipinski definition) is 2. The Hall–Kier alpha value is -1.44. The van der Waals surface area contributed by atoms with Crippen molar-refractivity contribution in [3.8, 4) is 0 Å². The van der Waals surface area contributed by atoms with Gasteiger partial charge in [-0.3, -0.25) is 0 Å². The van der Waals surface area contributed by atoms with Crippen LogP contribution >= 0.6 is 11.6 Å². The van der Waals surface area contributed by atoms with Crippen LogP contribution in [0.5, 0.6) is 0 Å². The fourth-order valence-electron chi connectivity index (χ4n) is 3.71. The molecule has 4 atom stereocenters. The first kappa shape index (κ1) is 18.4. The van der Waals surface area contributed by atoms with Crippen LogP contribution in [0.2, 0.25) is 5.02 Å². The Kier molecular flexibility index (Phi) is 4.92. The van der Waals surface area contributed by atoms with Crippen LogP contribution in [0, 0.1) is 5.21 Å². The van der Waals surface area contributed by atoms with Gasteiger partial charge in [0.25, 0.3) is 0 Å². The Morgan fingerprint density at radius 3 is 2.76 bits per heavy atom. The fourth-order valence-corrected chi connectivity index (χ4v) is 3.84. The molecule has 3 rings (SSSR count). The molecule has 2 N–H and O–H groups in total. The summed E-state index contributed by atoms with van der Waals surface area (Å²) in [6.45, 7) is 2.23. The molecule has 0 radical (unpaired) electrons. The molecule has 6 nitrogen and oxygen atoms in total. The zero-order valence-electron chi connectivity index (χ0n) is 14.0. The summed E-state index contributed by atoms with van der Waals surface area (Å²) in [7, 11) is 0. The van der Waals surface area contributed by atoms with Crippen LogP contribution < -0.4 is 0 Å². The number of ether oxygens (including phenoxy) is 1. The minimum Gasteiger partial charge on any atom is -0.632 e. The van der Waals surface area contributed by atoms with Gasteiger partial charge in [0.1, 0.15) is 18.8 Å². The highest BCUT2D eigenvalue weighted by molar-refractivity contribution is 6.30. The summed E-state index contributed by atoms with van der Waals surface area (Å²) in [5.41, 5.74) is -0.746. The topological polar surface area (TPSA) is 89.8 Å². The van der Waals surface area contributed by atoms with E-state index in [0.717, 1.165) is 0 Å². The van der Waals surface area contributed by atoms with Crippen molar-refractivity contribution in [1.29, 1.82) is 0 Å². The maximum absolute atomic E-state index is 12.6. The van der Waals surface area contributed by atoms with Gasteiger partial charge in [-0.1, -0.05) is 30.7 Å². The Labute approximate surface area is 151 Å². The third-order valence-electron chi connectivity index (χ3n) is 5.26. The number of hydroxylamine groups is 3. The van der Waals surface area contributed by atoms with Gasteiger partial charge in [-0.25, -0.2) is 4.79 Å². The zero-order chi connectivity index (χ0) is 18.2. The van der Waals surface area contributed by atoms with Crippen molar-refractivity contribution in [3.05, 3.63) is 51.7 Å². The maximum Gasteiger partial charge on any atom is 0.343 e. The van der Waals surface area contributed by atoms with Gasteiger partial charge in [0, 0.05) is 17.0 Å². The van der Waals surface area contributed by atoms with Gasteiger partial charge in [-0.05, 0) is 30.2 Å². The number of esters is 1. The monoisotopic (exact) mass is 367 g/mol. The van der Waals surface area contributed by atoms with E-state index in [9.17, 15) is 20.2 Å². The molecule has 0 spiro atoms. The first-order valence-corrected chi connectivity index (χ1v) is 8.78. The summed E-state index contributed by atoms with van der Waals surface area (Å²) in [5, 5.41) is 33.9. The van der Waals surface area contributed by atoms with E-state index in [1.807, 2.05) is 0 Å². The quantitative estimate of drug-likeness (QED) is 0.359. The average Bonchev–Trinajstić information content (AvgIpc) is 3.09. The Morgan fingerprint density at radius 1 is 1.44 bits per heavy atom. The third kappa shape index (κ3) is 3.20. The highest BCUT2D eigenvalue weighted by Gasteiger charge is 2.48. The molecule has 2 heterocycles. The third-order valence-corrected chi connectivity index (χ3v) is 5.51. The van der Waals surface area contributed by atoms with Gasteiger partial charge in [0.2, 0.25) is 0 Å². The lowest BCUT2D eigenvalue weighted by Crippen LogP contribution is -2.47. The molecule has 1 unspecified atom stereocenters. The van der Waals surface area contributed by atoms with Crippen molar-refractivity contribution in [3.63, 3.8) is 0 Å². The van der Waals surface area contributed by atoms with Gasteiger partial charge in [0.15, 0.2) is 5.60 Å². The van der Waals surface area contributed by atoms with E-state index in [1.165, 1.54) is 0 Å². The summed E-state index contributed by atoms with van der Waals surface area (Å²) in [6.07, 6.45) is 1.61. The number of carbonyl (C=O) groups excluding carboxylic acids is 1. The second-order valence-corrected chi connectivity index (χ2v) is 7.17. The van der Waals surface area contributed by atoms with Crippen LogP contribution in [0.3, 0.4) is 0 Å². The second kappa shape index (κ2) is 6.70. The number of carbonyl (C=O) groups is 1. The lowest BCUT2D eigenvalue weighted by Gasteiger charge is -2.40. The predicted octanol–water partition coefficient (Wildman–Crippen LogP) is 1.87. The molecule has 1 aromatic carbocycles. The van der Waals surface area contributed by atoms with Crippen LogP contribution in [0.1, 0.15) is 25.3 Å². The Morgan fingerprint density at radius 2 is 2.12 bits per heavy atom. The molecule has 0 aromatic heterocycles. The number of halogens is 1. The first-order valence-electron chi connectivity index (χ1n) is 8.40. The number of aliphatic hydroxyl groups is 2. The molecule has 0 saturated carbocycles. The van der Waals surface area contributed by atoms with Crippen molar-refractivity contribution < 1.29 is 24.4 Å². The maximum atomic E-state index is 12.6. The lowest BCUT2D eigenvalue weighted by molar-refractivity contribution is -0.877. The number of nitrogens with zero attached hydrogens (tertiary/aromatic N) is 1. The van der Waals surface area contributed by atoms with E-state index in [-0.39, 0.29) is 19.6 Å². The molecular formula is C18H22ClNO5. The number of hydrogen-bond acceptors (Lipinski definition) is 5. The summed E-state index contributed by atoms with van der Waals surface area (Å²) >= 11 is 5.85. The SMILES string of the molecule is CC[C@](O)(C(=O)OCC1=CC[N+]2([O-])CC[C@@H](O)[C@@H]12)c1ccc(Cl)cc1. The standard InChI is InChI=1S/C18H22ClNO5/c1-2-18(23,13-3-5-14(19)6-4-13)17(22)25-11-12-7-9-20(24)10-8-15(21)16(12)20/h3-7,15-16,21,23H,2,8-11H2,1H3/t15-,16-,18-,20?/m1/s1. The molecule has 2 aliphatic rings. The number of benzene rings is 1. The number of quaternary nitrogens is 1. The van der Waals surface area contributed by atoms with Crippen LogP contribution in [0.25, 0.3) is 0 Å². The van der Waals surface area contributed by atoms with Crippen LogP contribution in [0.15, 0.2) is 35.9 Å². The van der Waals surface area contributed by atoms with Crippen LogP contribution in [0.4, 0.5) is 0 Å². The van der Waals surface area contributed by atoms with Crippen LogP contribution in [-0.4, -0.2) is 52.7 Å². The van der Waals surface area contributed by atoms with E-state index in [1.54, 1.807) is 37.3 Å². The minimum atomic E-state index is -1.78. The van der Waals surface area contributed by atoms with E-state index in [0.29, 0.717) is 29.1 Å². The predicted molar refractivity (Wildman–Crippen MR) is 92.5 cm³/mol. The molecule has 0 aliphatic carbocycles. The highest BCUT2D eigenvalue weighted by Crippen LogP contribution is 2.36. The lowest BCUT2D eigenvalue weighted by atomic mass is 9.91. The Bertz CT molecular complexity index is 691. The Balaban J connectivity index is 1.70. The van der Waals surface area contributed by atoms with E-state index < -0.39 is 28.4 Å². The smallest absolute Gasteiger partial charge is 0.343 e. The highest BCUT2D eigenvalue weighted by atomic mass is 35.5. The van der Waals surface area contributed by atoms with Crippen molar-refractivity contribution in [1.82, 2.24) is 0 Å². The van der Waals surface area contributed by atoms with Crippen molar-refractivity contribution in [2.24, 2.45) is 0 Å². The van der Waals surface area contributed by atoms with Crippen molar-refractivity contribution in [2.45, 2.75) is 37.5 Å². The molecule has 0 amide bonds. The van der Waals surface area contributed by atoms with Gasteiger partial charge in [-0.2, -0.15) is 0 Å². The summed E-state index contributed by atoms with van der Waals surface area (Å²) in [6, 6.07) is 5.80. The zero-order valence-corrected chi connectivity index (χ0v) is 14.8. The molecule has 136 valence electrons. The second-order valence-electron chi connectivity index (χ2n) is 6.74. The number of aliphatic hydroxyl groups excluding tert-OH is 1. The van der Waals surface area contributed by atoms with Gasteiger partial charge >= 0.3 is 5.97 Å². The van der Waals surface area contributed by atoms with Crippen molar-refractivity contribution in [2.75, 3.05) is 19.7 Å². The molecule has 1 saturated heterocycles. The molecule has 0 bridgehead atoms. The number of fused-ring (bicyclic) bond motifs is 1. The molecule has 1 aromatic rings. The van der Waals surface area contributed by atoms with Crippen LogP contribution in [-0.2, 0) is 15.1 Å². The van der Waals surface area contributed by atoms with Crippen molar-refractivity contribution >= 4 is 17.6 Å².